The normalized spacial score (nSPS) is 11.0. The van der Waals surface area contributed by atoms with Gasteiger partial charge in [-0.1, -0.05) is 53.7 Å². The molecule has 2 heterocycles. The summed E-state index contributed by atoms with van der Waals surface area (Å²) in [5.41, 5.74) is 3.99. The van der Waals surface area contributed by atoms with Crippen LogP contribution >= 0.6 is 11.8 Å². The van der Waals surface area contributed by atoms with Crippen LogP contribution in [0, 0.1) is 13.8 Å². The smallest absolute Gasteiger partial charge is 0.266 e. The van der Waals surface area contributed by atoms with Crippen LogP contribution in [0.4, 0.5) is 5.69 Å². The van der Waals surface area contributed by atoms with Crippen LogP contribution in [0.2, 0.25) is 0 Å². The molecular formula is C21H19N5O2S. The van der Waals surface area contributed by atoms with E-state index in [0.29, 0.717) is 16.6 Å². The number of aromatic amines is 1. The third kappa shape index (κ3) is 4.38. The van der Waals surface area contributed by atoms with Gasteiger partial charge in [0, 0.05) is 17.3 Å². The minimum Gasteiger partial charge on any atom is -0.325 e. The van der Waals surface area contributed by atoms with Crippen molar-refractivity contribution in [1.29, 1.82) is 0 Å². The summed E-state index contributed by atoms with van der Waals surface area (Å²) in [6.45, 7) is 3.98. The Balaban J connectivity index is 1.59. The summed E-state index contributed by atoms with van der Waals surface area (Å²) >= 11 is 1.24. The zero-order valence-electron chi connectivity index (χ0n) is 16.0. The van der Waals surface area contributed by atoms with E-state index in [2.05, 4.69) is 20.4 Å². The number of nitrogens with zero attached hydrogens (tertiary/aromatic N) is 3. The summed E-state index contributed by atoms with van der Waals surface area (Å²) in [5, 5.41) is 6.05. The van der Waals surface area contributed by atoms with E-state index >= 15 is 0 Å². The van der Waals surface area contributed by atoms with Crippen LogP contribution in [-0.2, 0) is 4.79 Å². The van der Waals surface area contributed by atoms with Crippen LogP contribution in [0.1, 0.15) is 11.1 Å². The molecule has 0 aliphatic rings. The molecule has 0 fully saturated rings. The monoisotopic (exact) mass is 405 g/mol. The van der Waals surface area contributed by atoms with E-state index in [1.54, 1.807) is 0 Å². The van der Waals surface area contributed by atoms with Gasteiger partial charge in [0.2, 0.25) is 5.91 Å². The maximum absolute atomic E-state index is 12.4. The number of carbonyl (C=O) groups is 1. The largest absolute Gasteiger partial charge is 0.325 e. The number of carbonyl (C=O) groups excluding carboxylic acids is 1. The maximum atomic E-state index is 12.4. The molecule has 4 rings (SSSR count). The molecule has 0 unspecified atom stereocenters. The first-order valence-corrected chi connectivity index (χ1v) is 10.0. The van der Waals surface area contributed by atoms with Crippen molar-refractivity contribution in [2.75, 3.05) is 11.1 Å². The Labute approximate surface area is 171 Å². The Bertz CT molecular complexity index is 1240. The number of hydrogen-bond donors (Lipinski definition) is 2. The van der Waals surface area contributed by atoms with Gasteiger partial charge in [-0.25, -0.2) is 14.5 Å². The Kier molecular flexibility index (Phi) is 5.18. The summed E-state index contributed by atoms with van der Waals surface area (Å²) < 4.78 is 1.50. The number of amides is 1. The van der Waals surface area contributed by atoms with Crippen molar-refractivity contribution < 1.29 is 4.79 Å². The molecule has 2 aromatic heterocycles. The minimum absolute atomic E-state index is 0.146. The first-order chi connectivity index (χ1) is 14.0. The second kappa shape index (κ2) is 7.92. The molecule has 0 aliphatic heterocycles. The van der Waals surface area contributed by atoms with E-state index in [0.717, 1.165) is 22.4 Å². The van der Waals surface area contributed by atoms with Gasteiger partial charge in [0.25, 0.3) is 5.56 Å². The minimum atomic E-state index is -0.272. The van der Waals surface area contributed by atoms with Crippen molar-refractivity contribution in [3.05, 3.63) is 76.1 Å². The fourth-order valence-electron chi connectivity index (χ4n) is 2.86. The topological polar surface area (TPSA) is 92.2 Å². The van der Waals surface area contributed by atoms with Gasteiger partial charge < -0.3 is 5.32 Å². The van der Waals surface area contributed by atoms with Crippen LogP contribution in [0.25, 0.3) is 17.0 Å². The summed E-state index contributed by atoms with van der Waals surface area (Å²) in [7, 11) is 0. The first-order valence-electron chi connectivity index (χ1n) is 9.04. The zero-order chi connectivity index (χ0) is 20.4. The first kappa shape index (κ1) is 18.9. The molecular weight excluding hydrogens is 386 g/mol. The lowest BCUT2D eigenvalue weighted by atomic mass is 10.1. The van der Waals surface area contributed by atoms with Crippen molar-refractivity contribution in [2.24, 2.45) is 0 Å². The van der Waals surface area contributed by atoms with E-state index in [4.69, 9.17) is 0 Å². The summed E-state index contributed by atoms with van der Waals surface area (Å²) in [4.78, 5) is 33.2. The molecule has 1 amide bonds. The van der Waals surface area contributed by atoms with Gasteiger partial charge >= 0.3 is 0 Å². The van der Waals surface area contributed by atoms with Crippen LogP contribution < -0.4 is 10.9 Å². The number of fused-ring (bicyclic) bond motifs is 1. The van der Waals surface area contributed by atoms with Crippen molar-refractivity contribution >= 4 is 29.0 Å². The van der Waals surface area contributed by atoms with Crippen molar-refractivity contribution in [3.8, 4) is 11.4 Å². The van der Waals surface area contributed by atoms with Crippen LogP contribution in [0.3, 0.4) is 0 Å². The molecule has 29 heavy (non-hydrogen) atoms. The SMILES string of the molecule is Cc1ccc(-c2nc(SCC(=O)Nc3cccc(C)c3)n3[nH]c(=O)cc3n2)cc1. The van der Waals surface area contributed by atoms with E-state index in [1.165, 1.54) is 22.3 Å². The average Bonchev–Trinajstić information content (AvgIpc) is 3.07. The number of thioether (sulfide) groups is 1. The lowest BCUT2D eigenvalue weighted by Gasteiger charge is -2.08. The Morgan fingerprint density at radius 1 is 1.07 bits per heavy atom. The Hall–Kier alpha value is -3.39. The fourth-order valence-corrected chi connectivity index (χ4v) is 3.61. The highest BCUT2D eigenvalue weighted by atomic mass is 32.2. The highest BCUT2D eigenvalue weighted by Gasteiger charge is 2.13. The summed E-state index contributed by atoms with van der Waals surface area (Å²) in [6, 6.07) is 16.9. The van der Waals surface area contributed by atoms with Crippen LogP contribution in [-0.4, -0.2) is 31.2 Å². The fraction of sp³-hybridized carbons (Fsp3) is 0.143. The summed E-state index contributed by atoms with van der Waals surface area (Å²) in [6.07, 6.45) is 0. The zero-order valence-corrected chi connectivity index (χ0v) is 16.8. The molecule has 0 aliphatic carbocycles. The third-order valence-corrected chi connectivity index (χ3v) is 5.21. The Morgan fingerprint density at radius 2 is 1.86 bits per heavy atom. The number of H-pyrrole nitrogens is 1. The van der Waals surface area contributed by atoms with Gasteiger partial charge in [-0.05, 0) is 31.5 Å². The number of aromatic nitrogens is 4. The maximum Gasteiger partial charge on any atom is 0.266 e. The molecule has 4 aromatic rings. The average molecular weight is 405 g/mol. The van der Waals surface area contributed by atoms with E-state index < -0.39 is 0 Å². The van der Waals surface area contributed by atoms with E-state index in [1.807, 2.05) is 62.4 Å². The number of rotatable bonds is 5. The molecule has 7 nitrogen and oxygen atoms in total. The Morgan fingerprint density at radius 3 is 2.62 bits per heavy atom. The molecule has 2 N–H and O–H groups in total. The van der Waals surface area contributed by atoms with Gasteiger partial charge in [0.15, 0.2) is 16.6 Å². The number of hydrogen-bond acceptors (Lipinski definition) is 5. The van der Waals surface area contributed by atoms with Gasteiger partial charge in [0.1, 0.15) is 0 Å². The molecule has 0 saturated carbocycles. The van der Waals surface area contributed by atoms with Gasteiger partial charge in [-0.15, -0.1) is 0 Å². The molecule has 2 aromatic carbocycles. The quantitative estimate of drug-likeness (QED) is 0.496. The highest BCUT2D eigenvalue weighted by Crippen LogP contribution is 2.22. The highest BCUT2D eigenvalue weighted by molar-refractivity contribution is 7.99. The molecule has 8 heteroatoms. The standard InChI is InChI=1S/C21H19N5O2S/c1-13-6-8-15(9-7-13)20-23-17-11-18(27)25-26(17)21(24-20)29-12-19(28)22-16-5-3-4-14(2)10-16/h3-11H,12H2,1-2H3,(H,22,28)(H,25,27). The second-order valence-electron chi connectivity index (χ2n) is 6.72. The predicted octanol–water partition coefficient (Wildman–Crippen LogP) is 3.43. The molecule has 146 valence electrons. The van der Waals surface area contributed by atoms with Crippen molar-refractivity contribution in [2.45, 2.75) is 19.0 Å². The molecule has 0 radical (unpaired) electrons. The van der Waals surface area contributed by atoms with Crippen molar-refractivity contribution in [1.82, 2.24) is 19.6 Å². The van der Waals surface area contributed by atoms with Gasteiger partial charge in [-0.3, -0.25) is 14.7 Å². The molecule has 0 bridgehead atoms. The van der Waals surface area contributed by atoms with E-state index in [-0.39, 0.29) is 17.2 Å². The van der Waals surface area contributed by atoms with Crippen molar-refractivity contribution in [3.63, 3.8) is 0 Å². The number of benzene rings is 2. The third-order valence-electron chi connectivity index (χ3n) is 4.27. The molecule has 0 spiro atoms. The second-order valence-corrected chi connectivity index (χ2v) is 7.66. The van der Waals surface area contributed by atoms with Crippen LogP contribution in [0.5, 0.6) is 0 Å². The molecule has 0 saturated heterocycles. The van der Waals surface area contributed by atoms with Gasteiger partial charge in [0.05, 0.1) is 5.75 Å². The lowest BCUT2D eigenvalue weighted by molar-refractivity contribution is -0.113. The summed E-state index contributed by atoms with van der Waals surface area (Å²) in [5.74, 6) is 0.498. The number of nitrogens with one attached hydrogen (secondary N) is 2. The predicted molar refractivity (Wildman–Crippen MR) is 114 cm³/mol. The van der Waals surface area contributed by atoms with Crippen LogP contribution in [0.15, 0.2) is 64.5 Å². The van der Waals surface area contributed by atoms with Gasteiger partial charge in [-0.2, -0.15) is 0 Å². The number of aryl methyl sites for hydroxylation is 2. The lowest BCUT2D eigenvalue weighted by Crippen LogP contribution is -2.15. The van der Waals surface area contributed by atoms with E-state index in [9.17, 15) is 9.59 Å². The molecule has 0 atom stereocenters. The number of anilines is 1.